The number of rotatable bonds is 2. The molecule has 0 amide bonds. The molecule has 0 spiro atoms. The Morgan fingerprint density at radius 1 is 1.38 bits per heavy atom. The van der Waals surface area contributed by atoms with E-state index in [1.165, 1.54) is 0 Å². The van der Waals surface area contributed by atoms with E-state index in [0.717, 1.165) is 12.1 Å². The summed E-state index contributed by atoms with van der Waals surface area (Å²) in [7, 11) is 0. The first-order valence-electron chi connectivity index (χ1n) is 3.96. The van der Waals surface area contributed by atoms with Crippen LogP contribution in [0.2, 0.25) is 5.02 Å². The fourth-order valence-electron chi connectivity index (χ4n) is 1.04. The lowest BCUT2D eigenvalue weighted by Crippen LogP contribution is -2.11. The lowest BCUT2D eigenvalue weighted by Gasteiger charge is -2.10. The van der Waals surface area contributed by atoms with E-state index < -0.39 is 17.7 Å². The molecule has 0 fully saturated rings. The molecule has 4 heteroatoms. The second-order valence-electron chi connectivity index (χ2n) is 2.80. The quantitative estimate of drug-likeness (QED) is 0.738. The molecule has 2 N–H and O–H groups in total. The van der Waals surface area contributed by atoms with Crippen LogP contribution in [0.15, 0.2) is 12.1 Å². The molecular formula is C9H10ClF2N. The molecule has 1 rings (SSSR count). The normalized spacial score (nSPS) is 13.0. The van der Waals surface area contributed by atoms with Crippen LogP contribution in [-0.2, 0) is 0 Å². The molecule has 0 aliphatic carbocycles. The van der Waals surface area contributed by atoms with Gasteiger partial charge in [-0.2, -0.15) is 0 Å². The van der Waals surface area contributed by atoms with Crippen LogP contribution in [0.25, 0.3) is 0 Å². The molecule has 1 nitrogen and oxygen atoms in total. The van der Waals surface area contributed by atoms with Crippen molar-refractivity contribution in [3.05, 3.63) is 34.4 Å². The average Bonchev–Trinajstić information content (AvgIpc) is 2.10. The van der Waals surface area contributed by atoms with Crippen molar-refractivity contribution >= 4 is 11.6 Å². The fraction of sp³-hybridized carbons (Fsp3) is 0.333. The zero-order valence-electron chi connectivity index (χ0n) is 7.15. The first kappa shape index (κ1) is 10.4. The van der Waals surface area contributed by atoms with Gasteiger partial charge in [0, 0.05) is 11.6 Å². The summed E-state index contributed by atoms with van der Waals surface area (Å²) in [6, 6.07) is 1.51. The molecule has 1 aromatic carbocycles. The maximum Gasteiger partial charge on any atom is 0.142 e. The van der Waals surface area contributed by atoms with Crippen molar-refractivity contribution in [1.82, 2.24) is 0 Å². The van der Waals surface area contributed by atoms with Gasteiger partial charge in [-0.25, -0.2) is 8.78 Å². The Morgan fingerprint density at radius 2 is 2.00 bits per heavy atom. The molecular weight excluding hydrogens is 196 g/mol. The van der Waals surface area contributed by atoms with Crippen LogP contribution in [0.4, 0.5) is 8.78 Å². The number of halogens is 3. The highest BCUT2D eigenvalue weighted by Gasteiger charge is 2.13. The van der Waals surface area contributed by atoms with Crippen LogP contribution in [0.3, 0.4) is 0 Å². The Labute approximate surface area is 80.5 Å². The molecule has 0 radical (unpaired) electrons. The molecule has 0 bridgehead atoms. The molecule has 13 heavy (non-hydrogen) atoms. The molecule has 0 aliphatic rings. The summed E-state index contributed by atoms with van der Waals surface area (Å²) >= 11 is 5.38. The Kier molecular flexibility index (Phi) is 3.22. The van der Waals surface area contributed by atoms with Gasteiger partial charge in [0.25, 0.3) is 0 Å². The van der Waals surface area contributed by atoms with Crippen LogP contribution in [0, 0.1) is 11.6 Å². The van der Waals surface area contributed by atoms with E-state index in [1.54, 1.807) is 6.92 Å². The summed E-state index contributed by atoms with van der Waals surface area (Å²) < 4.78 is 26.0. The third kappa shape index (κ3) is 2.17. The molecule has 1 aromatic rings. The third-order valence-electron chi connectivity index (χ3n) is 1.88. The average molecular weight is 206 g/mol. The van der Waals surface area contributed by atoms with Crippen molar-refractivity contribution < 1.29 is 8.78 Å². The van der Waals surface area contributed by atoms with Gasteiger partial charge in [-0.3, -0.25) is 0 Å². The summed E-state index contributed by atoms with van der Waals surface area (Å²) in [4.78, 5) is 0. The van der Waals surface area contributed by atoms with E-state index in [9.17, 15) is 8.78 Å². The lowest BCUT2D eigenvalue weighted by atomic mass is 10.0. The van der Waals surface area contributed by atoms with Crippen LogP contribution in [0.5, 0.6) is 0 Å². The fourth-order valence-corrected chi connectivity index (χ4v) is 1.19. The predicted molar refractivity (Wildman–Crippen MR) is 48.6 cm³/mol. The largest absolute Gasteiger partial charge is 0.324 e. The number of hydrogen-bond acceptors (Lipinski definition) is 1. The van der Waals surface area contributed by atoms with E-state index in [2.05, 4.69) is 0 Å². The molecule has 0 heterocycles. The first-order chi connectivity index (χ1) is 6.06. The minimum absolute atomic E-state index is 0.171. The van der Waals surface area contributed by atoms with Gasteiger partial charge in [0.1, 0.15) is 11.6 Å². The van der Waals surface area contributed by atoms with Gasteiger partial charge in [-0.1, -0.05) is 18.5 Å². The van der Waals surface area contributed by atoms with Crippen LogP contribution >= 0.6 is 11.6 Å². The standard InChI is InChI=1S/C9H10ClF2N/c1-2-9(13)5-3-8(12)6(10)4-7(5)11/h3-4,9H,2,13H2,1H3/t9-/m1/s1. The summed E-state index contributed by atoms with van der Waals surface area (Å²) in [5.74, 6) is -1.19. The Morgan fingerprint density at radius 3 is 2.54 bits per heavy atom. The number of nitrogens with two attached hydrogens (primary N) is 1. The molecule has 0 aliphatic heterocycles. The van der Waals surface area contributed by atoms with E-state index >= 15 is 0 Å². The summed E-state index contributed by atoms with van der Waals surface area (Å²) in [5, 5.41) is -0.218. The highest BCUT2D eigenvalue weighted by molar-refractivity contribution is 6.30. The van der Waals surface area contributed by atoms with Crippen molar-refractivity contribution in [2.45, 2.75) is 19.4 Å². The van der Waals surface area contributed by atoms with Crippen LogP contribution in [0.1, 0.15) is 24.9 Å². The monoisotopic (exact) mass is 205 g/mol. The van der Waals surface area contributed by atoms with E-state index in [4.69, 9.17) is 17.3 Å². The minimum atomic E-state index is -0.637. The highest BCUT2D eigenvalue weighted by Crippen LogP contribution is 2.23. The van der Waals surface area contributed by atoms with Gasteiger partial charge in [-0.15, -0.1) is 0 Å². The molecule has 72 valence electrons. The van der Waals surface area contributed by atoms with Gasteiger partial charge in [-0.05, 0) is 18.6 Å². The van der Waals surface area contributed by atoms with E-state index in [0.29, 0.717) is 6.42 Å². The molecule has 0 unspecified atom stereocenters. The SMILES string of the molecule is CC[C@@H](N)c1cc(F)c(Cl)cc1F. The van der Waals surface area contributed by atoms with Gasteiger partial charge < -0.3 is 5.73 Å². The lowest BCUT2D eigenvalue weighted by molar-refractivity contribution is 0.557. The first-order valence-corrected chi connectivity index (χ1v) is 4.34. The predicted octanol–water partition coefficient (Wildman–Crippen LogP) is 3.03. The Bertz CT molecular complexity index is 315. The summed E-state index contributed by atoms with van der Waals surface area (Å²) in [6.07, 6.45) is 0.554. The summed E-state index contributed by atoms with van der Waals surface area (Å²) in [5.41, 5.74) is 5.74. The highest BCUT2D eigenvalue weighted by atomic mass is 35.5. The van der Waals surface area contributed by atoms with Gasteiger partial charge in [0.2, 0.25) is 0 Å². The Balaban J connectivity index is 3.15. The Hall–Kier alpha value is -0.670. The van der Waals surface area contributed by atoms with Gasteiger partial charge >= 0.3 is 0 Å². The third-order valence-corrected chi connectivity index (χ3v) is 2.17. The van der Waals surface area contributed by atoms with E-state index in [1.807, 2.05) is 0 Å². The summed E-state index contributed by atoms with van der Waals surface area (Å²) in [6.45, 7) is 1.80. The molecule has 1 atom stereocenters. The molecule has 0 saturated carbocycles. The maximum absolute atomic E-state index is 13.1. The van der Waals surface area contributed by atoms with Crippen molar-refractivity contribution in [3.8, 4) is 0 Å². The zero-order chi connectivity index (χ0) is 10.0. The van der Waals surface area contributed by atoms with Crippen molar-refractivity contribution in [3.63, 3.8) is 0 Å². The van der Waals surface area contributed by atoms with Gasteiger partial charge in [0.05, 0.1) is 5.02 Å². The topological polar surface area (TPSA) is 26.0 Å². The van der Waals surface area contributed by atoms with Crippen LogP contribution < -0.4 is 5.73 Å². The molecule has 0 aromatic heterocycles. The number of hydrogen-bond donors (Lipinski definition) is 1. The van der Waals surface area contributed by atoms with Crippen molar-refractivity contribution in [2.24, 2.45) is 5.73 Å². The maximum atomic E-state index is 13.1. The smallest absolute Gasteiger partial charge is 0.142 e. The van der Waals surface area contributed by atoms with Crippen molar-refractivity contribution in [1.29, 1.82) is 0 Å². The van der Waals surface area contributed by atoms with Gasteiger partial charge in [0.15, 0.2) is 0 Å². The van der Waals surface area contributed by atoms with Crippen LogP contribution in [-0.4, -0.2) is 0 Å². The zero-order valence-corrected chi connectivity index (χ0v) is 7.91. The van der Waals surface area contributed by atoms with E-state index in [-0.39, 0.29) is 10.6 Å². The minimum Gasteiger partial charge on any atom is -0.324 e. The second-order valence-corrected chi connectivity index (χ2v) is 3.21. The number of benzene rings is 1. The van der Waals surface area contributed by atoms with Crippen molar-refractivity contribution in [2.75, 3.05) is 0 Å². The second kappa shape index (κ2) is 4.03. The molecule has 0 saturated heterocycles.